The highest BCUT2D eigenvalue weighted by atomic mass is 16.5. The summed E-state index contributed by atoms with van der Waals surface area (Å²) >= 11 is 0. The van der Waals surface area contributed by atoms with Gasteiger partial charge in [-0.2, -0.15) is 0 Å². The number of carboxylic acids is 1. The van der Waals surface area contributed by atoms with Gasteiger partial charge in [-0.05, 0) is 69.4 Å². The number of carbonyl (C=O) groups excluding carboxylic acids is 4. The SMILES string of the molecule is COc1cc(CN2C(=O)N([C@@H](CC3CC3)C(=O)NC(C)CC(=O)O)C(=O)C2(C)C)ccc1NC(=O)Nc1ccccc1C. The van der Waals surface area contributed by atoms with Crippen molar-refractivity contribution in [2.75, 3.05) is 17.7 Å². The number of imide groups is 1. The van der Waals surface area contributed by atoms with Crippen LogP contribution in [0.1, 0.15) is 57.6 Å². The standard InChI is InChI=1S/C31H39N5O7/c1-18-8-6-7-9-22(18)33-29(41)34-23-13-12-21(16-25(23)43-5)17-35-30(42)36(28(40)31(35,3)4)24(15-20-10-11-20)27(39)32-19(2)14-26(37)38/h6-9,12-13,16,19-20,24H,10-11,14-15,17H2,1-5H3,(H,32,39)(H,37,38)(H2,33,34,41)/t19?,24-/m0/s1. The number of rotatable bonds is 12. The number of carbonyl (C=O) groups is 5. The number of nitrogens with zero attached hydrogens (tertiary/aromatic N) is 2. The maximum absolute atomic E-state index is 13.8. The van der Waals surface area contributed by atoms with Crippen LogP contribution < -0.4 is 20.7 Å². The fraction of sp³-hybridized carbons (Fsp3) is 0.452. The first kappa shape index (κ1) is 31.3. The topological polar surface area (TPSA) is 157 Å². The lowest BCUT2D eigenvalue weighted by Gasteiger charge is -2.28. The summed E-state index contributed by atoms with van der Waals surface area (Å²) in [7, 11) is 1.46. The molecule has 6 amide bonds. The zero-order valence-electron chi connectivity index (χ0n) is 25.1. The van der Waals surface area contributed by atoms with Crippen LogP contribution in [0.3, 0.4) is 0 Å². The molecule has 1 saturated heterocycles. The monoisotopic (exact) mass is 593 g/mol. The van der Waals surface area contributed by atoms with Crippen molar-refractivity contribution < 1.29 is 33.8 Å². The Hall–Kier alpha value is -4.61. The zero-order valence-corrected chi connectivity index (χ0v) is 25.1. The maximum Gasteiger partial charge on any atom is 0.328 e. The van der Waals surface area contributed by atoms with Gasteiger partial charge >= 0.3 is 18.0 Å². The highest BCUT2D eigenvalue weighted by Gasteiger charge is 2.55. The van der Waals surface area contributed by atoms with Gasteiger partial charge in [-0.25, -0.2) is 14.5 Å². The quantitative estimate of drug-likeness (QED) is 0.267. The highest BCUT2D eigenvalue weighted by molar-refractivity contribution is 6.09. The average molecular weight is 594 g/mol. The molecular weight excluding hydrogens is 554 g/mol. The number of hydrogen-bond donors (Lipinski definition) is 4. The van der Waals surface area contributed by atoms with Crippen molar-refractivity contribution in [3.05, 3.63) is 53.6 Å². The molecule has 12 heteroatoms. The first-order chi connectivity index (χ1) is 20.3. The number of nitrogens with one attached hydrogen (secondary N) is 3. The van der Waals surface area contributed by atoms with Gasteiger partial charge in [-0.15, -0.1) is 0 Å². The van der Waals surface area contributed by atoms with Crippen molar-refractivity contribution >= 4 is 41.2 Å². The van der Waals surface area contributed by atoms with Crippen LogP contribution in [0.2, 0.25) is 0 Å². The van der Waals surface area contributed by atoms with E-state index < -0.39 is 47.5 Å². The second kappa shape index (κ2) is 12.7. The smallest absolute Gasteiger partial charge is 0.328 e. The number of anilines is 2. The number of hydrogen-bond acceptors (Lipinski definition) is 6. The van der Waals surface area contributed by atoms with Gasteiger partial charge in [-0.3, -0.25) is 14.4 Å². The minimum Gasteiger partial charge on any atom is -0.495 e. The Morgan fingerprint density at radius 3 is 2.37 bits per heavy atom. The Morgan fingerprint density at radius 2 is 1.74 bits per heavy atom. The first-order valence-electron chi connectivity index (χ1n) is 14.3. The molecular formula is C31H39N5O7. The van der Waals surface area contributed by atoms with Crippen molar-refractivity contribution in [2.24, 2.45) is 5.92 Å². The molecule has 1 aliphatic carbocycles. The van der Waals surface area contributed by atoms with Gasteiger partial charge in [0.15, 0.2) is 0 Å². The van der Waals surface area contributed by atoms with Gasteiger partial charge in [0.1, 0.15) is 17.3 Å². The van der Waals surface area contributed by atoms with Crippen LogP contribution in [0.4, 0.5) is 21.0 Å². The van der Waals surface area contributed by atoms with Crippen molar-refractivity contribution in [2.45, 2.75) is 77.5 Å². The molecule has 0 spiro atoms. The molecule has 230 valence electrons. The average Bonchev–Trinajstić information content (AvgIpc) is 3.74. The van der Waals surface area contributed by atoms with Crippen LogP contribution in [-0.2, 0) is 20.9 Å². The van der Waals surface area contributed by atoms with E-state index in [1.165, 1.54) is 12.0 Å². The second-order valence-corrected chi connectivity index (χ2v) is 11.7. The number of ether oxygens (including phenoxy) is 1. The Morgan fingerprint density at radius 1 is 1.07 bits per heavy atom. The molecule has 0 radical (unpaired) electrons. The van der Waals surface area contributed by atoms with E-state index in [2.05, 4.69) is 16.0 Å². The predicted molar refractivity (Wildman–Crippen MR) is 160 cm³/mol. The number of carboxylic acid groups (broad SMARTS) is 1. The fourth-order valence-corrected chi connectivity index (χ4v) is 5.17. The minimum absolute atomic E-state index is 0.0489. The Bertz CT molecular complexity index is 1420. The maximum atomic E-state index is 13.8. The lowest BCUT2D eigenvalue weighted by atomic mass is 10.0. The molecule has 4 N–H and O–H groups in total. The third-order valence-corrected chi connectivity index (χ3v) is 7.84. The normalized spacial score (nSPS) is 17.3. The molecule has 1 unspecified atom stereocenters. The van der Waals surface area contributed by atoms with E-state index in [1.54, 1.807) is 45.0 Å². The van der Waals surface area contributed by atoms with Crippen molar-refractivity contribution in [1.29, 1.82) is 0 Å². The molecule has 1 saturated carbocycles. The summed E-state index contributed by atoms with van der Waals surface area (Å²) in [6.45, 7) is 6.78. The van der Waals surface area contributed by atoms with E-state index in [0.717, 1.165) is 23.3 Å². The molecule has 4 rings (SSSR count). The number of urea groups is 2. The lowest BCUT2D eigenvalue weighted by molar-refractivity contribution is -0.140. The highest BCUT2D eigenvalue weighted by Crippen LogP contribution is 2.38. The van der Waals surface area contributed by atoms with Crippen molar-refractivity contribution in [3.8, 4) is 5.75 Å². The molecule has 12 nitrogen and oxygen atoms in total. The molecule has 1 heterocycles. The molecule has 2 atom stereocenters. The Balaban J connectivity index is 1.51. The number of benzene rings is 2. The van der Waals surface area contributed by atoms with E-state index in [9.17, 15) is 24.0 Å². The van der Waals surface area contributed by atoms with E-state index >= 15 is 0 Å². The van der Waals surface area contributed by atoms with Gasteiger partial charge < -0.3 is 30.7 Å². The van der Waals surface area contributed by atoms with E-state index in [1.807, 2.05) is 25.1 Å². The van der Waals surface area contributed by atoms with Gasteiger partial charge in [-0.1, -0.05) is 37.1 Å². The lowest BCUT2D eigenvalue weighted by Crippen LogP contribution is -2.52. The summed E-state index contributed by atoms with van der Waals surface area (Å²) in [4.78, 5) is 66.9. The summed E-state index contributed by atoms with van der Waals surface area (Å²) < 4.78 is 5.51. The molecule has 0 bridgehead atoms. The van der Waals surface area contributed by atoms with Crippen LogP contribution in [0, 0.1) is 12.8 Å². The predicted octanol–water partition coefficient (Wildman–Crippen LogP) is 4.34. The Kier molecular flexibility index (Phi) is 9.27. The third kappa shape index (κ3) is 7.25. The molecule has 2 aromatic carbocycles. The number of aryl methyl sites for hydroxylation is 1. The third-order valence-electron chi connectivity index (χ3n) is 7.84. The molecule has 2 aliphatic rings. The van der Waals surface area contributed by atoms with Gasteiger partial charge in [0.05, 0.1) is 19.2 Å². The fourth-order valence-electron chi connectivity index (χ4n) is 5.17. The largest absolute Gasteiger partial charge is 0.495 e. The van der Waals surface area contributed by atoms with Crippen molar-refractivity contribution in [1.82, 2.24) is 15.1 Å². The summed E-state index contributed by atoms with van der Waals surface area (Å²) in [5.74, 6) is -1.52. The van der Waals surface area contributed by atoms with Gasteiger partial charge in [0, 0.05) is 18.3 Å². The number of aliphatic carboxylic acids is 1. The molecule has 2 aromatic rings. The molecule has 43 heavy (non-hydrogen) atoms. The summed E-state index contributed by atoms with van der Waals surface area (Å²) in [6, 6.07) is 9.70. The number of para-hydroxylation sites is 1. The van der Waals surface area contributed by atoms with Gasteiger partial charge in [0.2, 0.25) is 5.91 Å². The first-order valence-corrected chi connectivity index (χ1v) is 14.3. The minimum atomic E-state index is -1.25. The van der Waals surface area contributed by atoms with E-state index in [0.29, 0.717) is 29.1 Å². The van der Waals surface area contributed by atoms with Gasteiger partial charge in [0.25, 0.3) is 5.91 Å². The van der Waals surface area contributed by atoms with Crippen LogP contribution >= 0.6 is 0 Å². The van der Waals surface area contributed by atoms with Crippen LogP contribution in [0.15, 0.2) is 42.5 Å². The second-order valence-electron chi connectivity index (χ2n) is 11.7. The van der Waals surface area contributed by atoms with Crippen LogP contribution in [0.5, 0.6) is 5.75 Å². The molecule has 2 fully saturated rings. The summed E-state index contributed by atoms with van der Waals surface area (Å²) in [5.41, 5.74) is 1.40. The number of amides is 6. The molecule has 0 aromatic heterocycles. The number of methoxy groups -OCH3 is 1. The zero-order chi connectivity index (χ0) is 31.5. The molecule has 1 aliphatic heterocycles. The summed E-state index contributed by atoms with van der Waals surface area (Å²) in [6.07, 6.45) is 1.86. The van der Waals surface area contributed by atoms with E-state index in [4.69, 9.17) is 9.84 Å². The van der Waals surface area contributed by atoms with Crippen LogP contribution in [-0.4, -0.2) is 69.5 Å². The summed E-state index contributed by atoms with van der Waals surface area (Å²) in [5, 5.41) is 17.3. The van der Waals surface area contributed by atoms with Crippen LogP contribution in [0.25, 0.3) is 0 Å². The van der Waals surface area contributed by atoms with Crippen molar-refractivity contribution in [3.63, 3.8) is 0 Å². The van der Waals surface area contributed by atoms with E-state index in [-0.39, 0.29) is 18.9 Å². The Labute approximate surface area is 250 Å².